The minimum Gasteiger partial charge on any atom is -0.350 e. The Morgan fingerprint density at radius 1 is 1.73 bits per heavy atom. The molecule has 1 amide bonds. The lowest BCUT2D eigenvalue weighted by molar-refractivity contribution is -0.120. The van der Waals surface area contributed by atoms with Crippen LogP contribution in [-0.2, 0) is 4.79 Å². The first-order valence-corrected chi connectivity index (χ1v) is 4.17. The first kappa shape index (κ1) is 10.8. The van der Waals surface area contributed by atoms with Crippen LogP contribution in [0.3, 0.4) is 0 Å². The normalized spacial score (nSPS) is 12.0. The van der Waals surface area contributed by atoms with Crippen LogP contribution < -0.4 is 5.32 Å². The van der Waals surface area contributed by atoms with E-state index in [1.54, 1.807) is 18.3 Å². The van der Waals surface area contributed by atoms with Crippen LogP contribution >= 0.6 is 0 Å². The predicted molar refractivity (Wildman–Crippen MR) is 53.2 cm³/mol. The van der Waals surface area contributed by atoms with E-state index in [2.05, 4.69) is 25.4 Å². The highest BCUT2D eigenvalue weighted by Gasteiger charge is 2.20. The maximum atomic E-state index is 11.1. The zero-order valence-corrected chi connectivity index (χ0v) is 8.08. The van der Waals surface area contributed by atoms with Crippen LogP contribution in [0.2, 0.25) is 0 Å². The van der Waals surface area contributed by atoms with Crippen molar-refractivity contribution in [3.05, 3.63) is 35.9 Å². The van der Waals surface area contributed by atoms with Crippen LogP contribution in [-0.4, -0.2) is 24.1 Å². The summed E-state index contributed by atoms with van der Waals surface area (Å²) in [5.41, 5.74) is 0.509. The molecule has 0 bridgehead atoms. The number of amides is 1. The molecule has 6 nitrogen and oxygen atoms in total. The third kappa shape index (κ3) is 3.15. The fraction of sp³-hybridized carbons (Fsp3) is 0.222. The summed E-state index contributed by atoms with van der Waals surface area (Å²) in [6.07, 6.45) is 1.97. The van der Waals surface area contributed by atoms with Gasteiger partial charge in [0.15, 0.2) is 0 Å². The highest BCUT2D eigenvalue weighted by atomic mass is 16.2. The van der Waals surface area contributed by atoms with Gasteiger partial charge in [0.05, 0.1) is 6.20 Å². The van der Waals surface area contributed by atoms with Crippen molar-refractivity contribution in [2.45, 2.75) is 6.17 Å². The van der Waals surface area contributed by atoms with E-state index in [0.717, 1.165) is 0 Å². The van der Waals surface area contributed by atoms with Gasteiger partial charge in [-0.1, -0.05) is 5.11 Å². The molecule has 1 aromatic rings. The Bertz CT molecular complexity index is 395. The van der Waals surface area contributed by atoms with Crippen LogP contribution in [0, 0.1) is 6.57 Å². The number of aromatic nitrogens is 1. The molecule has 6 heteroatoms. The summed E-state index contributed by atoms with van der Waals surface area (Å²) in [5, 5.41) is 9.67. The van der Waals surface area contributed by atoms with E-state index in [0.29, 0.717) is 5.69 Å². The molecule has 0 aliphatic heterocycles. The molecular formula is C9H9N5O. The molecule has 0 aromatic carbocycles. The average Bonchev–Trinajstić information content (AvgIpc) is 2.31. The zero-order chi connectivity index (χ0) is 11.1. The molecule has 0 fully saturated rings. The van der Waals surface area contributed by atoms with Crippen LogP contribution in [0.4, 0.5) is 5.69 Å². The quantitative estimate of drug-likeness (QED) is 0.591. The third-order valence-electron chi connectivity index (χ3n) is 1.53. The Morgan fingerprint density at radius 3 is 3.07 bits per heavy atom. The highest BCUT2D eigenvalue weighted by molar-refractivity contribution is 5.82. The van der Waals surface area contributed by atoms with Gasteiger partial charge in [-0.2, -0.15) is 0 Å². The van der Waals surface area contributed by atoms with Crippen molar-refractivity contribution in [3.8, 4) is 0 Å². The van der Waals surface area contributed by atoms with E-state index >= 15 is 0 Å². The molecule has 76 valence electrons. The van der Waals surface area contributed by atoms with E-state index in [1.807, 2.05) is 0 Å². The van der Waals surface area contributed by atoms with E-state index in [4.69, 9.17) is 6.57 Å². The minimum absolute atomic E-state index is 0.474. The smallest absolute Gasteiger partial charge is 0.350 e. The number of nitrogens with zero attached hydrogens (tertiary/aromatic N) is 4. The van der Waals surface area contributed by atoms with E-state index in [1.165, 1.54) is 13.2 Å². The number of hydrogen-bond donors (Lipinski definition) is 1. The maximum absolute atomic E-state index is 11.1. The standard InChI is InChI=1S/C9H9N5O/c1-10-8(9(15)11-2)14-13-7-4-3-5-12-6-7/h3-6,8H,2H3,(H,11,15). The topological polar surface area (TPSA) is 71.1 Å². The van der Waals surface area contributed by atoms with Crippen LogP contribution in [0.25, 0.3) is 4.85 Å². The fourth-order valence-electron chi connectivity index (χ4n) is 0.800. The third-order valence-corrected chi connectivity index (χ3v) is 1.53. The SMILES string of the molecule is [C-]#[N+]C(N=Nc1cccnc1)C(=O)NC. The Morgan fingerprint density at radius 2 is 2.53 bits per heavy atom. The Labute approximate surface area is 86.9 Å². The average molecular weight is 203 g/mol. The number of hydrogen-bond acceptors (Lipinski definition) is 4. The lowest BCUT2D eigenvalue weighted by Gasteiger charge is -1.96. The van der Waals surface area contributed by atoms with Crippen LogP contribution in [0.15, 0.2) is 34.8 Å². The Balaban J connectivity index is 2.72. The summed E-state index contributed by atoms with van der Waals surface area (Å²) in [4.78, 5) is 17.9. The number of azo groups is 1. The largest absolute Gasteiger partial charge is 0.410 e. The second kappa shape index (κ2) is 5.44. The lowest BCUT2D eigenvalue weighted by Crippen LogP contribution is -2.27. The summed E-state index contributed by atoms with van der Waals surface area (Å²) in [6.45, 7) is 6.75. The van der Waals surface area contributed by atoms with Gasteiger partial charge in [-0.3, -0.25) is 14.6 Å². The first-order valence-electron chi connectivity index (χ1n) is 4.17. The van der Waals surface area contributed by atoms with Crippen molar-refractivity contribution in [1.29, 1.82) is 0 Å². The zero-order valence-electron chi connectivity index (χ0n) is 8.08. The lowest BCUT2D eigenvalue weighted by atomic mass is 10.4. The van der Waals surface area contributed by atoms with Crippen molar-refractivity contribution < 1.29 is 4.79 Å². The molecule has 1 atom stereocenters. The molecule has 0 radical (unpaired) electrons. The van der Waals surface area contributed by atoms with Crippen LogP contribution in [0.1, 0.15) is 0 Å². The van der Waals surface area contributed by atoms with E-state index in [9.17, 15) is 4.79 Å². The molecule has 15 heavy (non-hydrogen) atoms. The maximum Gasteiger partial charge on any atom is 0.410 e. The van der Waals surface area contributed by atoms with Gasteiger partial charge in [-0.05, 0) is 12.1 Å². The molecule has 1 aromatic heterocycles. The van der Waals surface area contributed by atoms with Crippen molar-refractivity contribution in [1.82, 2.24) is 10.3 Å². The minimum atomic E-state index is -1.13. The monoisotopic (exact) mass is 203 g/mol. The summed E-state index contributed by atoms with van der Waals surface area (Å²) in [6, 6.07) is 3.38. The number of likely N-dealkylation sites (N-methyl/N-ethyl adjacent to an activating group) is 1. The molecule has 1 rings (SSSR count). The Hall–Kier alpha value is -2.29. The van der Waals surface area contributed by atoms with E-state index in [-0.39, 0.29) is 0 Å². The Kier molecular flexibility index (Phi) is 3.91. The number of carbonyl (C=O) groups excluding carboxylic acids is 1. The molecular weight excluding hydrogens is 194 g/mol. The number of carbonyl (C=O) groups is 1. The fourth-order valence-corrected chi connectivity index (χ4v) is 0.800. The number of rotatable bonds is 3. The number of pyridine rings is 1. The molecule has 0 spiro atoms. The van der Waals surface area contributed by atoms with Gasteiger partial charge in [0, 0.05) is 13.2 Å². The summed E-state index contributed by atoms with van der Waals surface area (Å²) in [7, 11) is 1.44. The van der Waals surface area contributed by atoms with E-state index < -0.39 is 12.1 Å². The van der Waals surface area contributed by atoms with Gasteiger partial charge in [0.2, 0.25) is 0 Å². The molecule has 1 heterocycles. The van der Waals surface area contributed by atoms with Gasteiger partial charge in [0.1, 0.15) is 5.69 Å². The molecule has 1 unspecified atom stereocenters. The van der Waals surface area contributed by atoms with Crippen molar-refractivity contribution >= 4 is 11.6 Å². The molecule has 1 N–H and O–H groups in total. The summed E-state index contributed by atoms with van der Waals surface area (Å²) >= 11 is 0. The van der Waals surface area contributed by atoms with Gasteiger partial charge in [-0.25, -0.2) is 6.57 Å². The van der Waals surface area contributed by atoms with Gasteiger partial charge in [0.25, 0.3) is 0 Å². The van der Waals surface area contributed by atoms with Gasteiger partial charge >= 0.3 is 12.1 Å². The second-order valence-corrected chi connectivity index (χ2v) is 2.54. The molecule has 0 aliphatic carbocycles. The summed E-state index contributed by atoms with van der Waals surface area (Å²) < 4.78 is 0. The van der Waals surface area contributed by atoms with Crippen molar-refractivity contribution in [2.24, 2.45) is 10.2 Å². The molecule has 0 saturated carbocycles. The molecule has 0 saturated heterocycles. The highest BCUT2D eigenvalue weighted by Crippen LogP contribution is 2.09. The van der Waals surface area contributed by atoms with Crippen molar-refractivity contribution in [3.63, 3.8) is 0 Å². The second-order valence-electron chi connectivity index (χ2n) is 2.54. The predicted octanol–water partition coefficient (Wildman–Crippen LogP) is 1.16. The van der Waals surface area contributed by atoms with Gasteiger partial charge < -0.3 is 5.32 Å². The van der Waals surface area contributed by atoms with Gasteiger partial charge in [-0.15, -0.1) is 5.11 Å². The van der Waals surface area contributed by atoms with Crippen LogP contribution in [0.5, 0.6) is 0 Å². The molecule has 0 aliphatic rings. The first-order chi connectivity index (χ1) is 7.27. The number of nitrogens with one attached hydrogen (secondary N) is 1. The van der Waals surface area contributed by atoms with Crippen molar-refractivity contribution in [2.75, 3.05) is 7.05 Å². The summed E-state index contributed by atoms with van der Waals surface area (Å²) in [5.74, 6) is -0.474.